The Morgan fingerprint density at radius 3 is 2.56 bits per heavy atom. The van der Waals surface area contributed by atoms with E-state index in [-0.39, 0.29) is 11.7 Å². The molecule has 0 fully saturated rings. The van der Waals surface area contributed by atoms with E-state index in [2.05, 4.69) is 4.98 Å². The molecule has 2 aromatic rings. The van der Waals surface area contributed by atoms with Gasteiger partial charge < -0.3 is 4.57 Å². The SMILES string of the molecule is C[C@@H](Cc1ccccc1)n1cnc(C#N)c1C#N. The summed E-state index contributed by atoms with van der Waals surface area (Å²) in [4.78, 5) is 3.95. The highest BCUT2D eigenvalue weighted by Gasteiger charge is 2.14. The number of imidazole rings is 1. The maximum absolute atomic E-state index is 9.07. The van der Waals surface area contributed by atoms with Crippen LogP contribution in [0.4, 0.5) is 0 Å². The Bertz CT molecular complexity index is 613. The Labute approximate surface area is 106 Å². The van der Waals surface area contributed by atoms with Gasteiger partial charge >= 0.3 is 0 Å². The normalized spacial score (nSPS) is 11.5. The zero-order chi connectivity index (χ0) is 13.0. The standard InChI is InChI=1S/C14H12N4/c1-11(7-12-5-3-2-4-6-12)18-10-17-13(8-15)14(18)9-16/h2-6,10-11H,7H2,1H3/t11-/m0/s1. The molecule has 0 bridgehead atoms. The molecule has 0 spiro atoms. The molecule has 0 unspecified atom stereocenters. The van der Waals surface area contributed by atoms with Crippen molar-refractivity contribution in [2.24, 2.45) is 0 Å². The van der Waals surface area contributed by atoms with Crippen molar-refractivity contribution < 1.29 is 0 Å². The Morgan fingerprint density at radius 2 is 1.94 bits per heavy atom. The molecule has 4 heteroatoms. The predicted octanol–water partition coefficient (Wildman–Crippen LogP) is 2.43. The fourth-order valence-corrected chi connectivity index (χ4v) is 1.94. The van der Waals surface area contributed by atoms with Gasteiger partial charge in [-0.05, 0) is 18.9 Å². The van der Waals surface area contributed by atoms with E-state index in [1.807, 2.05) is 49.4 Å². The van der Waals surface area contributed by atoms with Gasteiger partial charge in [0.2, 0.25) is 0 Å². The van der Waals surface area contributed by atoms with Gasteiger partial charge in [0, 0.05) is 6.04 Å². The molecule has 18 heavy (non-hydrogen) atoms. The lowest BCUT2D eigenvalue weighted by molar-refractivity contribution is 0.539. The summed E-state index contributed by atoms with van der Waals surface area (Å²) in [5, 5.41) is 17.9. The quantitative estimate of drug-likeness (QED) is 0.822. The molecule has 0 N–H and O–H groups in total. The van der Waals surface area contributed by atoms with Gasteiger partial charge in [-0.1, -0.05) is 30.3 Å². The second-order valence-electron chi connectivity index (χ2n) is 4.11. The molecule has 0 saturated carbocycles. The van der Waals surface area contributed by atoms with Gasteiger partial charge in [0.25, 0.3) is 0 Å². The molecule has 0 aliphatic carbocycles. The monoisotopic (exact) mass is 236 g/mol. The van der Waals surface area contributed by atoms with E-state index >= 15 is 0 Å². The molecule has 1 atom stereocenters. The first-order chi connectivity index (χ1) is 8.76. The summed E-state index contributed by atoms with van der Waals surface area (Å²) in [7, 11) is 0. The Morgan fingerprint density at radius 1 is 1.22 bits per heavy atom. The van der Waals surface area contributed by atoms with E-state index in [0.29, 0.717) is 5.69 Å². The third kappa shape index (κ3) is 2.23. The van der Waals surface area contributed by atoms with E-state index in [4.69, 9.17) is 10.5 Å². The van der Waals surface area contributed by atoms with Crippen molar-refractivity contribution in [3.05, 3.63) is 53.6 Å². The molecule has 4 nitrogen and oxygen atoms in total. The Balaban J connectivity index is 2.25. The maximum atomic E-state index is 9.07. The Kier molecular flexibility index (Phi) is 3.41. The van der Waals surface area contributed by atoms with Gasteiger partial charge in [-0.3, -0.25) is 0 Å². The molecular weight excluding hydrogens is 224 g/mol. The molecule has 0 saturated heterocycles. The van der Waals surface area contributed by atoms with E-state index in [1.165, 1.54) is 5.56 Å². The van der Waals surface area contributed by atoms with E-state index in [0.717, 1.165) is 6.42 Å². The van der Waals surface area contributed by atoms with Crippen LogP contribution in [0.15, 0.2) is 36.7 Å². The number of nitrogens with zero attached hydrogens (tertiary/aromatic N) is 4. The molecule has 0 radical (unpaired) electrons. The van der Waals surface area contributed by atoms with Crippen molar-refractivity contribution in [2.45, 2.75) is 19.4 Å². The number of rotatable bonds is 3. The van der Waals surface area contributed by atoms with Crippen LogP contribution in [0.1, 0.15) is 29.9 Å². The smallest absolute Gasteiger partial charge is 0.176 e. The van der Waals surface area contributed by atoms with Crippen molar-refractivity contribution in [2.75, 3.05) is 0 Å². The van der Waals surface area contributed by atoms with Gasteiger partial charge in [-0.25, -0.2) is 4.98 Å². The molecule has 2 rings (SSSR count). The third-order valence-corrected chi connectivity index (χ3v) is 2.85. The number of benzene rings is 1. The molecule has 88 valence electrons. The third-order valence-electron chi connectivity index (χ3n) is 2.85. The van der Waals surface area contributed by atoms with E-state index in [9.17, 15) is 0 Å². The van der Waals surface area contributed by atoms with Crippen molar-refractivity contribution in [1.82, 2.24) is 9.55 Å². The van der Waals surface area contributed by atoms with Crippen LogP contribution < -0.4 is 0 Å². The first-order valence-corrected chi connectivity index (χ1v) is 5.67. The lowest BCUT2D eigenvalue weighted by Crippen LogP contribution is -2.09. The number of hydrogen-bond acceptors (Lipinski definition) is 3. The summed E-state index contributed by atoms with van der Waals surface area (Å²) in [5.74, 6) is 0. The number of aromatic nitrogens is 2. The van der Waals surface area contributed by atoms with Crippen molar-refractivity contribution in [3.8, 4) is 12.1 Å². The van der Waals surface area contributed by atoms with Gasteiger partial charge in [0.15, 0.2) is 11.4 Å². The summed E-state index contributed by atoms with van der Waals surface area (Å²) in [6.45, 7) is 2.01. The van der Waals surface area contributed by atoms with Crippen molar-refractivity contribution >= 4 is 0 Å². The van der Waals surface area contributed by atoms with Crippen molar-refractivity contribution in [3.63, 3.8) is 0 Å². The van der Waals surface area contributed by atoms with Crippen LogP contribution in [-0.4, -0.2) is 9.55 Å². The minimum absolute atomic E-state index is 0.0941. The second kappa shape index (κ2) is 5.16. The topological polar surface area (TPSA) is 65.4 Å². The predicted molar refractivity (Wildman–Crippen MR) is 66.5 cm³/mol. The average Bonchev–Trinajstić information content (AvgIpc) is 2.82. The van der Waals surface area contributed by atoms with Gasteiger partial charge in [-0.2, -0.15) is 10.5 Å². The van der Waals surface area contributed by atoms with Crippen LogP contribution in [-0.2, 0) is 6.42 Å². The highest BCUT2D eigenvalue weighted by atomic mass is 15.1. The van der Waals surface area contributed by atoms with Crippen LogP contribution in [0.3, 0.4) is 0 Å². The van der Waals surface area contributed by atoms with Crippen LogP contribution in [0, 0.1) is 22.7 Å². The molecular formula is C14H12N4. The van der Waals surface area contributed by atoms with Crippen LogP contribution in [0.5, 0.6) is 0 Å². The highest BCUT2D eigenvalue weighted by molar-refractivity contribution is 5.36. The van der Waals surface area contributed by atoms with Gasteiger partial charge in [0.1, 0.15) is 12.1 Å². The summed E-state index contributed by atoms with van der Waals surface area (Å²) in [5.41, 5.74) is 1.72. The van der Waals surface area contributed by atoms with E-state index in [1.54, 1.807) is 10.9 Å². The van der Waals surface area contributed by atoms with Gasteiger partial charge in [0.05, 0.1) is 6.33 Å². The summed E-state index contributed by atoms with van der Waals surface area (Å²) < 4.78 is 1.76. The molecule has 0 aliphatic rings. The summed E-state index contributed by atoms with van der Waals surface area (Å²) in [6.07, 6.45) is 2.36. The maximum Gasteiger partial charge on any atom is 0.176 e. The first kappa shape index (κ1) is 11.9. The lowest BCUT2D eigenvalue weighted by atomic mass is 10.1. The highest BCUT2D eigenvalue weighted by Crippen LogP contribution is 2.17. The van der Waals surface area contributed by atoms with Crippen LogP contribution in [0.25, 0.3) is 0 Å². The largest absolute Gasteiger partial charge is 0.318 e. The van der Waals surface area contributed by atoms with Crippen molar-refractivity contribution in [1.29, 1.82) is 10.5 Å². The zero-order valence-corrected chi connectivity index (χ0v) is 10.0. The Hall–Kier alpha value is -2.59. The molecule has 1 heterocycles. The summed E-state index contributed by atoms with van der Waals surface area (Å²) >= 11 is 0. The minimum Gasteiger partial charge on any atom is -0.318 e. The minimum atomic E-state index is 0.0941. The fourth-order valence-electron chi connectivity index (χ4n) is 1.94. The second-order valence-corrected chi connectivity index (χ2v) is 4.11. The van der Waals surface area contributed by atoms with Gasteiger partial charge in [-0.15, -0.1) is 0 Å². The van der Waals surface area contributed by atoms with E-state index < -0.39 is 0 Å². The molecule has 0 aliphatic heterocycles. The summed E-state index contributed by atoms with van der Waals surface area (Å²) in [6, 6.07) is 14.1. The molecule has 1 aromatic carbocycles. The fraction of sp³-hybridized carbons (Fsp3) is 0.214. The zero-order valence-electron chi connectivity index (χ0n) is 10.0. The van der Waals surface area contributed by atoms with Crippen LogP contribution >= 0.6 is 0 Å². The number of nitriles is 2. The molecule has 1 aromatic heterocycles. The average molecular weight is 236 g/mol. The number of hydrogen-bond donors (Lipinski definition) is 0. The molecule has 0 amide bonds. The lowest BCUT2D eigenvalue weighted by Gasteiger charge is -2.14. The first-order valence-electron chi connectivity index (χ1n) is 5.67. The van der Waals surface area contributed by atoms with Crippen LogP contribution in [0.2, 0.25) is 0 Å².